The van der Waals surface area contributed by atoms with E-state index in [4.69, 9.17) is 9.72 Å². The smallest absolute Gasteiger partial charge is 0.119 e. The third kappa shape index (κ3) is 9.32. The van der Waals surface area contributed by atoms with Gasteiger partial charge in [0.2, 0.25) is 0 Å². The Bertz CT molecular complexity index is 662. The maximum absolute atomic E-state index is 5.87. The molecule has 0 N–H and O–H groups in total. The van der Waals surface area contributed by atoms with Crippen LogP contribution in [0.15, 0.2) is 42.6 Å². The highest BCUT2D eigenvalue weighted by Crippen LogP contribution is 2.25. The van der Waals surface area contributed by atoms with Gasteiger partial charge in [-0.2, -0.15) is 0 Å². The van der Waals surface area contributed by atoms with Gasteiger partial charge in [0.25, 0.3) is 0 Å². The molecule has 0 spiro atoms. The van der Waals surface area contributed by atoms with E-state index >= 15 is 0 Å². The number of benzene rings is 1. The number of pyridine rings is 1. The molecule has 2 aromatic rings. The van der Waals surface area contributed by atoms with Crippen LogP contribution in [0.5, 0.6) is 5.75 Å². The number of unbranched alkanes of at least 4 members (excludes halogenated alkanes) is 9. The number of hydrogen-bond donors (Lipinski definition) is 0. The molecule has 0 aliphatic rings. The van der Waals surface area contributed by atoms with Crippen LogP contribution in [-0.2, 0) is 6.42 Å². The van der Waals surface area contributed by atoms with E-state index in [0.29, 0.717) is 5.92 Å². The fourth-order valence-electron chi connectivity index (χ4n) is 3.87. The predicted octanol–water partition coefficient (Wildman–Crippen LogP) is 8.49. The Morgan fingerprint density at radius 3 is 2.00 bits per heavy atom. The molecule has 1 aromatic carbocycles. The lowest BCUT2D eigenvalue weighted by Gasteiger charge is -2.13. The minimum Gasteiger partial charge on any atom is -0.494 e. The molecule has 0 bridgehead atoms. The van der Waals surface area contributed by atoms with Crippen LogP contribution in [-0.4, -0.2) is 11.6 Å². The molecule has 1 heterocycles. The van der Waals surface area contributed by atoms with Crippen molar-refractivity contribution in [3.8, 4) is 5.75 Å². The number of rotatable bonds is 16. The molecule has 1 aromatic heterocycles. The molecule has 1 unspecified atom stereocenters. The molecule has 0 saturated carbocycles. The predicted molar refractivity (Wildman–Crippen MR) is 130 cm³/mol. The van der Waals surface area contributed by atoms with E-state index in [2.05, 4.69) is 63.4 Å². The van der Waals surface area contributed by atoms with E-state index in [9.17, 15) is 0 Å². The molecule has 2 nitrogen and oxygen atoms in total. The molecule has 1 atom stereocenters. The summed E-state index contributed by atoms with van der Waals surface area (Å²) < 4.78 is 5.87. The van der Waals surface area contributed by atoms with Crippen LogP contribution in [0, 0.1) is 0 Å². The average Bonchev–Trinajstić information content (AvgIpc) is 2.79. The van der Waals surface area contributed by atoms with Gasteiger partial charge in [0.1, 0.15) is 5.75 Å². The highest BCUT2D eigenvalue weighted by molar-refractivity contribution is 5.33. The van der Waals surface area contributed by atoms with Crippen molar-refractivity contribution in [1.29, 1.82) is 0 Å². The monoisotopic (exact) mass is 409 g/mol. The second-order valence-corrected chi connectivity index (χ2v) is 8.66. The van der Waals surface area contributed by atoms with Crippen molar-refractivity contribution in [3.63, 3.8) is 0 Å². The summed E-state index contributed by atoms with van der Waals surface area (Å²) in [6, 6.07) is 13.0. The van der Waals surface area contributed by atoms with Gasteiger partial charge >= 0.3 is 0 Å². The molecule has 0 amide bonds. The van der Waals surface area contributed by atoms with Gasteiger partial charge in [-0.25, -0.2) is 0 Å². The first-order chi connectivity index (χ1) is 14.7. The van der Waals surface area contributed by atoms with E-state index in [-0.39, 0.29) is 0 Å². The van der Waals surface area contributed by atoms with Gasteiger partial charge in [0, 0.05) is 17.8 Å². The van der Waals surface area contributed by atoms with Gasteiger partial charge in [0.05, 0.1) is 6.61 Å². The minimum absolute atomic E-state index is 0.302. The van der Waals surface area contributed by atoms with Crippen LogP contribution in [0.2, 0.25) is 0 Å². The van der Waals surface area contributed by atoms with Crippen molar-refractivity contribution in [1.82, 2.24) is 4.98 Å². The summed E-state index contributed by atoms with van der Waals surface area (Å²) in [6.07, 6.45) is 17.7. The molecule has 0 saturated heterocycles. The maximum atomic E-state index is 5.87. The highest BCUT2D eigenvalue weighted by atomic mass is 16.5. The molecular formula is C28H43NO. The number of ether oxygens (including phenoxy) is 1. The third-order valence-electron chi connectivity index (χ3n) is 6.01. The molecule has 0 aliphatic carbocycles. The van der Waals surface area contributed by atoms with Crippen molar-refractivity contribution >= 4 is 0 Å². The van der Waals surface area contributed by atoms with Gasteiger partial charge in [0.15, 0.2) is 0 Å². The van der Waals surface area contributed by atoms with Crippen molar-refractivity contribution < 1.29 is 4.74 Å². The number of hydrogen-bond acceptors (Lipinski definition) is 2. The fraction of sp³-hybridized carbons (Fsp3) is 0.607. The van der Waals surface area contributed by atoms with Crippen LogP contribution >= 0.6 is 0 Å². The Morgan fingerprint density at radius 2 is 1.37 bits per heavy atom. The van der Waals surface area contributed by atoms with Crippen LogP contribution in [0.1, 0.15) is 114 Å². The SMILES string of the molecule is CCCCCCCCCc1ccc(C(C)c2ccc(OCCCCCC)cc2)nc1. The van der Waals surface area contributed by atoms with Gasteiger partial charge in [-0.3, -0.25) is 4.98 Å². The lowest BCUT2D eigenvalue weighted by atomic mass is 9.96. The van der Waals surface area contributed by atoms with Crippen molar-refractivity contribution in [2.45, 2.75) is 104 Å². The topological polar surface area (TPSA) is 22.1 Å². The van der Waals surface area contributed by atoms with Gasteiger partial charge in [-0.05, 0) is 48.6 Å². The van der Waals surface area contributed by atoms with Crippen LogP contribution < -0.4 is 4.74 Å². The van der Waals surface area contributed by atoms with E-state index in [1.807, 2.05) is 0 Å². The number of nitrogens with zero attached hydrogens (tertiary/aromatic N) is 1. The standard InChI is InChI=1S/C28H43NO/c1-4-6-8-10-11-12-13-15-25-16-21-28(29-23-25)24(3)26-17-19-27(20-18-26)30-22-14-9-7-5-2/h16-21,23-24H,4-15,22H2,1-3H3. The summed E-state index contributed by atoms with van der Waals surface area (Å²) in [5, 5.41) is 0. The van der Waals surface area contributed by atoms with Crippen LogP contribution in [0.25, 0.3) is 0 Å². The molecule has 0 aliphatic heterocycles. The second kappa shape index (κ2) is 15.0. The Morgan fingerprint density at radius 1 is 0.733 bits per heavy atom. The molecule has 2 heteroatoms. The second-order valence-electron chi connectivity index (χ2n) is 8.66. The van der Waals surface area contributed by atoms with E-state index in [1.165, 1.54) is 75.3 Å². The summed E-state index contributed by atoms with van der Waals surface area (Å²) in [7, 11) is 0. The summed E-state index contributed by atoms with van der Waals surface area (Å²) in [6.45, 7) is 7.56. The normalized spacial score (nSPS) is 12.1. The van der Waals surface area contributed by atoms with Crippen molar-refractivity contribution in [2.75, 3.05) is 6.61 Å². The zero-order valence-electron chi connectivity index (χ0n) is 19.7. The summed E-state index contributed by atoms with van der Waals surface area (Å²) >= 11 is 0. The van der Waals surface area contributed by atoms with Crippen molar-refractivity contribution in [2.24, 2.45) is 0 Å². The zero-order chi connectivity index (χ0) is 21.4. The molecular weight excluding hydrogens is 366 g/mol. The molecule has 0 radical (unpaired) electrons. The zero-order valence-corrected chi connectivity index (χ0v) is 19.7. The van der Waals surface area contributed by atoms with E-state index in [0.717, 1.165) is 30.9 Å². The van der Waals surface area contributed by atoms with Crippen LogP contribution in [0.4, 0.5) is 0 Å². The van der Waals surface area contributed by atoms with Crippen molar-refractivity contribution in [3.05, 3.63) is 59.4 Å². The van der Waals surface area contributed by atoms with Gasteiger partial charge in [-0.15, -0.1) is 0 Å². The third-order valence-corrected chi connectivity index (χ3v) is 6.01. The Kier molecular flexibility index (Phi) is 12.3. The minimum atomic E-state index is 0.302. The highest BCUT2D eigenvalue weighted by Gasteiger charge is 2.10. The molecule has 2 rings (SSSR count). The summed E-state index contributed by atoms with van der Waals surface area (Å²) in [5.41, 5.74) is 3.80. The quantitative estimate of drug-likeness (QED) is 0.259. The largest absolute Gasteiger partial charge is 0.494 e. The first-order valence-corrected chi connectivity index (χ1v) is 12.4. The first-order valence-electron chi connectivity index (χ1n) is 12.4. The first kappa shape index (κ1) is 24.4. The van der Waals surface area contributed by atoms with Gasteiger partial charge < -0.3 is 4.74 Å². The maximum Gasteiger partial charge on any atom is 0.119 e. The summed E-state index contributed by atoms with van der Waals surface area (Å²) in [5.74, 6) is 1.27. The molecule has 0 fully saturated rings. The Labute approximate surface area is 185 Å². The fourth-order valence-corrected chi connectivity index (χ4v) is 3.87. The number of aromatic nitrogens is 1. The van der Waals surface area contributed by atoms with Gasteiger partial charge in [-0.1, -0.05) is 96.8 Å². The van der Waals surface area contributed by atoms with E-state index < -0.39 is 0 Å². The Balaban J connectivity index is 1.73. The summed E-state index contributed by atoms with van der Waals surface area (Å²) in [4.78, 5) is 4.76. The lowest BCUT2D eigenvalue weighted by molar-refractivity contribution is 0.305. The lowest BCUT2D eigenvalue weighted by Crippen LogP contribution is -2.01. The van der Waals surface area contributed by atoms with Crippen LogP contribution in [0.3, 0.4) is 0 Å². The van der Waals surface area contributed by atoms with E-state index in [1.54, 1.807) is 0 Å². The molecule has 166 valence electrons. The number of aryl methyl sites for hydroxylation is 1. The average molecular weight is 410 g/mol. The Hall–Kier alpha value is -1.83. The molecule has 30 heavy (non-hydrogen) atoms.